The van der Waals surface area contributed by atoms with Gasteiger partial charge in [0.25, 0.3) is 0 Å². The molecular weight excluding hydrogens is 474 g/mol. The zero-order valence-corrected chi connectivity index (χ0v) is 23.4. The van der Waals surface area contributed by atoms with E-state index in [9.17, 15) is 9.59 Å². The normalized spacial score (nSPS) is 16.8. The molecule has 0 aliphatic heterocycles. The van der Waals surface area contributed by atoms with Crippen LogP contribution in [-0.4, -0.2) is 58.5 Å². The van der Waals surface area contributed by atoms with Gasteiger partial charge in [0, 0.05) is 43.5 Å². The van der Waals surface area contributed by atoms with Crippen molar-refractivity contribution < 1.29 is 14.3 Å². The molecule has 2 unspecified atom stereocenters. The van der Waals surface area contributed by atoms with Gasteiger partial charge >= 0.3 is 0 Å². The summed E-state index contributed by atoms with van der Waals surface area (Å²) in [4.78, 5) is 30.9. The van der Waals surface area contributed by atoms with Crippen LogP contribution < -0.4 is 0 Å². The van der Waals surface area contributed by atoms with Crippen molar-refractivity contribution in [2.24, 2.45) is 5.92 Å². The molecule has 1 fully saturated rings. The van der Waals surface area contributed by atoms with E-state index < -0.39 is 5.54 Å². The Hall–Kier alpha value is -3.38. The molecule has 1 saturated carbocycles. The summed E-state index contributed by atoms with van der Waals surface area (Å²) in [6.45, 7) is 10.3. The maximum atomic E-state index is 13.8. The molecule has 202 valence electrons. The summed E-state index contributed by atoms with van der Waals surface area (Å²) in [6, 6.07) is 22.8. The Balaban J connectivity index is 1.47. The van der Waals surface area contributed by atoms with E-state index in [-0.39, 0.29) is 30.2 Å². The SMILES string of the molecule is COCCN(CC(=O)N(Cc1cccn1Cc1cccc(C)c1)C(C)(C)C)C(=O)C1CC1c1ccccc1. The Labute approximate surface area is 227 Å². The summed E-state index contributed by atoms with van der Waals surface area (Å²) >= 11 is 0. The average molecular weight is 516 g/mol. The fourth-order valence-electron chi connectivity index (χ4n) is 5.10. The second kappa shape index (κ2) is 12.0. The Morgan fingerprint density at radius 3 is 2.47 bits per heavy atom. The summed E-state index contributed by atoms with van der Waals surface area (Å²) in [7, 11) is 1.62. The van der Waals surface area contributed by atoms with E-state index >= 15 is 0 Å². The zero-order valence-electron chi connectivity index (χ0n) is 23.4. The first kappa shape index (κ1) is 27.6. The Morgan fingerprint density at radius 2 is 1.79 bits per heavy atom. The van der Waals surface area contributed by atoms with Crippen LogP contribution in [0.3, 0.4) is 0 Å². The lowest BCUT2D eigenvalue weighted by Crippen LogP contribution is -2.51. The molecule has 2 atom stereocenters. The Kier molecular flexibility index (Phi) is 8.72. The fraction of sp³-hybridized carbons (Fsp3) is 0.438. The molecule has 0 bridgehead atoms. The molecule has 2 amide bonds. The van der Waals surface area contributed by atoms with Crippen LogP contribution in [-0.2, 0) is 27.4 Å². The number of benzene rings is 2. The molecule has 1 aliphatic rings. The maximum absolute atomic E-state index is 13.8. The van der Waals surface area contributed by atoms with E-state index in [4.69, 9.17) is 4.74 Å². The van der Waals surface area contributed by atoms with Crippen molar-refractivity contribution in [1.82, 2.24) is 14.4 Å². The summed E-state index contributed by atoms with van der Waals surface area (Å²) < 4.78 is 7.48. The molecule has 4 rings (SSSR count). The van der Waals surface area contributed by atoms with Gasteiger partial charge in [-0.15, -0.1) is 0 Å². The van der Waals surface area contributed by atoms with Crippen molar-refractivity contribution in [2.75, 3.05) is 26.8 Å². The number of rotatable bonds is 11. The minimum Gasteiger partial charge on any atom is -0.383 e. The summed E-state index contributed by atoms with van der Waals surface area (Å²) in [5.41, 5.74) is 4.31. The first-order valence-corrected chi connectivity index (χ1v) is 13.5. The molecule has 1 aromatic heterocycles. The van der Waals surface area contributed by atoms with E-state index in [0.717, 1.165) is 18.7 Å². The van der Waals surface area contributed by atoms with Crippen molar-refractivity contribution in [3.8, 4) is 0 Å². The first-order chi connectivity index (χ1) is 18.2. The van der Waals surface area contributed by atoms with Gasteiger partial charge in [-0.05, 0) is 63.3 Å². The van der Waals surface area contributed by atoms with Gasteiger partial charge in [-0.2, -0.15) is 0 Å². The Bertz CT molecular complexity index is 1230. The molecular formula is C32H41N3O3. The van der Waals surface area contributed by atoms with Gasteiger partial charge in [-0.25, -0.2) is 0 Å². The second-order valence-corrected chi connectivity index (χ2v) is 11.4. The predicted molar refractivity (Wildman–Crippen MR) is 151 cm³/mol. The van der Waals surface area contributed by atoms with E-state index in [1.54, 1.807) is 12.0 Å². The minimum atomic E-state index is -0.405. The number of aromatic nitrogens is 1. The molecule has 6 nitrogen and oxygen atoms in total. The average Bonchev–Trinajstić information content (AvgIpc) is 3.57. The zero-order chi connectivity index (χ0) is 27.3. The van der Waals surface area contributed by atoms with Crippen molar-refractivity contribution >= 4 is 11.8 Å². The number of hydrogen-bond acceptors (Lipinski definition) is 3. The van der Waals surface area contributed by atoms with E-state index in [1.165, 1.54) is 16.7 Å². The molecule has 3 aromatic rings. The van der Waals surface area contributed by atoms with E-state index in [0.29, 0.717) is 19.7 Å². The Morgan fingerprint density at radius 1 is 1.03 bits per heavy atom. The third-order valence-electron chi connectivity index (χ3n) is 7.33. The first-order valence-electron chi connectivity index (χ1n) is 13.5. The molecule has 1 heterocycles. The van der Waals surface area contributed by atoms with Crippen molar-refractivity contribution in [3.63, 3.8) is 0 Å². The number of amides is 2. The van der Waals surface area contributed by atoms with Gasteiger partial charge in [0.1, 0.15) is 0 Å². The largest absolute Gasteiger partial charge is 0.383 e. The van der Waals surface area contributed by atoms with Gasteiger partial charge in [0.2, 0.25) is 11.8 Å². The second-order valence-electron chi connectivity index (χ2n) is 11.4. The maximum Gasteiger partial charge on any atom is 0.242 e. The molecule has 0 spiro atoms. The van der Waals surface area contributed by atoms with Gasteiger partial charge in [-0.1, -0.05) is 60.2 Å². The number of ether oxygens (including phenoxy) is 1. The van der Waals surface area contributed by atoms with Crippen LogP contribution in [0.1, 0.15) is 55.5 Å². The molecule has 2 aromatic carbocycles. The number of nitrogens with zero attached hydrogens (tertiary/aromatic N) is 3. The van der Waals surface area contributed by atoms with Crippen LogP contribution >= 0.6 is 0 Å². The van der Waals surface area contributed by atoms with Gasteiger partial charge in [-0.3, -0.25) is 9.59 Å². The fourth-order valence-corrected chi connectivity index (χ4v) is 5.10. The van der Waals surface area contributed by atoms with Crippen molar-refractivity contribution in [2.45, 2.75) is 58.7 Å². The quantitative estimate of drug-likeness (QED) is 0.351. The predicted octanol–water partition coefficient (Wildman–Crippen LogP) is 5.25. The standard InChI is InChI=1S/C32H41N3O3/c1-24-11-9-12-25(19-24)21-33-16-10-15-27(33)22-35(32(2,3)4)30(36)23-34(17-18-38-5)31(37)29-20-28(29)26-13-7-6-8-14-26/h6-16,19,28-29H,17-18,20-23H2,1-5H3. The third-order valence-corrected chi connectivity index (χ3v) is 7.33. The van der Waals surface area contributed by atoms with E-state index in [1.807, 2.05) is 49.9 Å². The lowest BCUT2D eigenvalue weighted by molar-refractivity contribution is -0.145. The highest BCUT2D eigenvalue weighted by atomic mass is 16.5. The molecule has 38 heavy (non-hydrogen) atoms. The van der Waals surface area contributed by atoms with Crippen molar-refractivity contribution in [3.05, 3.63) is 95.3 Å². The molecule has 0 N–H and O–H groups in total. The summed E-state index contributed by atoms with van der Waals surface area (Å²) in [6.07, 6.45) is 2.89. The molecule has 0 radical (unpaired) electrons. The lowest BCUT2D eigenvalue weighted by Gasteiger charge is -2.37. The van der Waals surface area contributed by atoms with Crippen LogP contribution in [0, 0.1) is 12.8 Å². The monoisotopic (exact) mass is 515 g/mol. The van der Waals surface area contributed by atoms with Crippen LogP contribution in [0.5, 0.6) is 0 Å². The van der Waals surface area contributed by atoms with Crippen LogP contribution in [0.4, 0.5) is 0 Å². The highest BCUT2D eigenvalue weighted by Crippen LogP contribution is 2.48. The van der Waals surface area contributed by atoms with Crippen LogP contribution in [0.2, 0.25) is 0 Å². The number of carbonyl (C=O) groups excluding carboxylic acids is 2. The van der Waals surface area contributed by atoms with Crippen LogP contribution in [0.25, 0.3) is 0 Å². The van der Waals surface area contributed by atoms with Crippen LogP contribution in [0.15, 0.2) is 72.9 Å². The molecule has 1 aliphatic carbocycles. The number of carbonyl (C=O) groups is 2. The topological polar surface area (TPSA) is 54.8 Å². The molecule has 0 saturated heterocycles. The number of methoxy groups -OCH3 is 1. The van der Waals surface area contributed by atoms with Crippen molar-refractivity contribution in [1.29, 1.82) is 0 Å². The van der Waals surface area contributed by atoms with Gasteiger partial charge in [0.15, 0.2) is 0 Å². The summed E-state index contributed by atoms with van der Waals surface area (Å²) in [5.74, 6) is 0.146. The highest BCUT2D eigenvalue weighted by Gasteiger charge is 2.46. The van der Waals surface area contributed by atoms with Gasteiger partial charge < -0.3 is 19.1 Å². The van der Waals surface area contributed by atoms with Gasteiger partial charge in [0.05, 0.1) is 19.7 Å². The highest BCUT2D eigenvalue weighted by molar-refractivity contribution is 5.88. The number of hydrogen-bond donors (Lipinski definition) is 0. The third kappa shape index (κ3) is 6.93. The number of aryl methyl sites for hydroxylation is 1. The minimum absolute atomic E-state index is 0.0425. The molecule has 6 heteroatoms. The van der Waals surface area contributed by atoms with E-state index in [2.05, 4.69) is 60.2 Å². The summed E-state index contributed by atoms with van der Waals surface area (Å²) in [5, 5.41) is 0. The lowest BCUT2D eigenvalue weighted by atomic mass is 10.0. The smallest absolute Gasteiger partial charge is 0.242 e.